The van der Waals surface area contributed by atoms with E-state index in [2.05, 4.69) is 27.0 Å². The zero-order chi connectivity index (χ0) is 13.7. The van der Waals surface area contributed by atoms with E-state index in [0.717, 1.165) is 38.0 Å². The largest absolute Gasteiger partial charge is 0.337 e. The quantitative estimate of drug-likeness (QED) is 0.856. The van der Waals surface area contributed by atoms with Crippen LogP contribution in [0.1, 0.15) is 31.1 Å². The first-order valence-electron chi connectivity index (χ1n) is 7.75. The van der Waals surface area contributed by atoms with E-state index in [4.69, 9.17) is 10.3 Å². The van der Waals surface area contributed by atoms with Crippen LogP contribution in [0.15, 0.2) is 4.52 Å². The maximum atomic E-state index is 6.35. The number of hydrogen-bond donors (Lipinski definition) is 1. The fourth-order valence-electron chi connectivity index (χ4n) is 4.20. The second kappa shape index (κ2) is 4.70. The number of likely N-dealkylation sites (N-methyl/N-ethyl adjacent to an activating group) is 1. The van der Waals surface area contributed by atoms with Gasteiger partial charge in [0.25, 0.3) is 5.95 Å². The molecule has 2 bridgehead atoms. The zero-order valence-electron chi connectivity index (χ0n) is 12.0. The second-order valence-electron chi connectivity index (χ2n) is 6.66. The van der Waals surface area contributed by atoms with Crippen molar-refractivity contribution in [1.29, 1.82) is 0 Å². The van der Waals surface area contributed by atoms with Crippen molar-refractivity contribution in [3.8, 4) is 0 Å². The second-order valence-corrected chi connectivity index (χ2v) is 6.66. The molecule has 0 amide bonds. The van der Waals surface area contributed by atoms with Gasteiger partial charge in [0, 0.05) is 32.2 Å². The Morgan fingerprint density at radius 1 is 1.15 bits per heavy atom. The normalized spacial score (nSPS) is 37.8. The van der Waals surface area contributed by atoms with Crippen molar-refractivity contribution < 1.29 is 4.52 Å². The Labute approximate surface area is 119 Å². The van der Waals surface area contributed by atoms with Crippen LogP contribution in [0.5, 0.6) is 0 Å². The van der Waals surface area contributed by atoms with Gasteiger partial charge in [0.15, 0.2) is 0 Å². The lowest BCUT2D eigenvalue weighted by Crippen LogP contribution is -2.45. The minimum absolute atomic E-state index is 0.217. The number of fused-ring (bicyclic) bond motifs is 2. The van der Waals surface area contributed by atoms with Crippen LogP contribution in [0.3, 0.4) is 0 Å². The third kappa shape index (κ3) is 1.93. The molecule has 3 fully saturated rings. The molecule has 4 atom stereocenters. The fraction of sp³-hybridized carbons (Fsp3) is 0.857. The highest BCUT2D eigenvalue weighted by molar-refractivity contribution is 5.30. The van der Waals surface area contributed by atoms with Crippen molar-refractivity contribution in [2.75, 3.05) is 38.1 Å². The maximum Gasteiger partial charge on any atom is 0.266 e. The molecule has 6 heteroatoms. The van der Waals surface area contributed by atoms with Gasteiger partial charge in [0.1, 0.15) is 0 Å². The molecule has 4 rings (SSSR count). The third-order valence-corrected chi connectivity index (χ3v) is 5.48. The van der Waals surface area contributed by atoms with E-state index in [1.54, 1.807) is 0 Å². The van der Waals surface area contributed by atoms with Gasteiger partial charge in [0.2, 0.25) is 5.89 Å². The van der Waals surface area contributed by atoms with E-state index in [-0.39, 0.29) is 6.04 Å². The molecular formula is C14H23N5O. The monoisotopic (exact) mass is 277 g/mol. The van der Waals surface area contributed by atoms with Crippen molar-refractivity contribution >= 4 is 5.95 Å². The third-order valence-electron chi connectivity index (χ3n) is 5.48. The van der Waals surface area contributed by atoms with Gasteiger partial charge < -0.3 is 20.1 Å². The van der Waals surface area contributed by atoms with Crippen LogP contribution in [0, 0.1) is 11.8 Å². The zero-order valence-corrected chi connectivity index (χ0v) is 12.0. The number of piperazine rings is 1. The summed E-state index contributed by atoms with van der Waals surface area (Å²) >= 11 is 0. The molecule has 1 aromatic rings. The van der Waals surface area contributed by atoms with Crippen molar-refractivity contribution in [1.82, 2.24) is 15.0 Å². The van der Waals surface area contributed by atoms with Gasteiger partial charge in [-0.1, -0.05) is 0 Å². The Kier molecular flexibility index (Phi) is 2.96. The highest BCUT2D eigenvalue weighted by atomic mass is 16.5. The van der Waals surface area contributed by atoms with E-state index in [1.807, 2.05) is 0 Å². The van der Waals surface area contributed by atoms with Crippen molar-refractivity contribution in [3.63, 3.8) is 0 Å². The van der Waals surface area contributed by atoms with Gasteiger partial charge in [-0.15, -0.1) is 0 Å². The van der Waals surface area contributed by atoms with Crippen LogP contribution in [0.25, 0.3) is 0 Å². The van der Waals surface area contributed by atoms with Gasteiger partial charge in [-0.25, -0.2) is 0 Å². The van der Waals surface area contributed by atoms with E-state index < -0.39 is 0 Å². The smallest absolute Gasteiger partial charge is 0.266 e. The van der Waals surface area contributed by atoms with Gasteiger partial charge in [-0.2, -0.15) is 4.98 Å². The molecule has 0 radical (unpaired) electrons. The first-order valence-corrected chi connectivity index (χ1v) is 7.75. The van der Waals surface area contributed by atoms with Crippen molar-refractivity contribution in [2.45, 2.75) is 31.2 Å². The lowest BCUT2D eigenvalue weighted by molar-refractivity contribution is 0.278. The molecule has 4 unspecified atom stereocenters. The van der Waals surface area contributed by atoms with Crippen LogP contribution in [0.4, 0.5) is 5.95 Å². The van der Waals surface area contributed by atoms with Crippen LogP contribution in [-0.2, 0) is 0 Å². The molecule has 2 N–H and O–H groups in total. The van der Waals surface area contributed by atoms with Crippen molar-refractivity contribution in [2.24, 2.45) is 17.6 Å². The lowest BCUT2D eigenvalue weighted by atomic mass is 9.85. The number of nitrogens with two attached hydrogens (primary N) is 1. The van der Waals surface area contributed by atoms with Gasteiger partial charge in [-0.05, 0) is 43.3 Å². The van der Waals surface area contributed by atoms with E-state index in [0.29, 0.717) is 17.8 Å². The van der Waals surface area contributed by atoms with Crippen LogP contribution >= 0.6 is 0 Å². The lowest BCUT2D eigenvalue weighted by Gasteiger charge is -2.31. The molecule has 1 saturated heterocycles. The summed E-state index contributed by atoms with van der Waals surface area (Å²) in [5, 5.41) is 4.19. The first-order chi connectivity index (χ1) is 9.72. The molecule has 2 saturated carbocycles. The van der Waals surface area contributed by atoms with Crippen LogP contribution in [-0.4, -0.2) is 54.3 Å². The number of rotatable bonds is 2. The molecule has 2 heterocycles. The van der Waals surface area contributed by atoms with Crippen LogP contribution < -0.4 is 10.6 Å². The topological polar surface area (TPSA) is 71.4 Å². The summed E-state index contributed by atoms with van der Waals surface area (Å²) in [6.45, 7) is 4.05. The van der Waals surface area contributed by atoms with Gasteiger partial charge in [0.05, 0.1) is 5.92 Å². The number of nitrogens with zero attached hydrogens (tertiary/aromatic N) is 4. The molecule has 110 valence electrons. The Balaban J connectivity index is 1.51. The Hall–Kier alpha value is -1.14. The fourth-order valence-corrected chi connectivity index (χ4v) is 4.20. The molecule has 3 aliphatic rings. The summed E-state index contributed by atoms with van der Waals surface area (Å²) in [6.07, 6.45) is 3.80. The predicted octanol–water partition coefficient (Wildman–Crippen LogP) is 0.662. The first kappa shape index (κ1) is 12.6. The van der Waals surface area contributed by atoms with E-state index in [1.165, 1.54) is 19.3 Å². The average Bonchev–Trinajstić information content (AvgIpc) is 3.14. The summed E-state index contributed by atoms with van der Waals surface area (Å²) in [5.74, 6) is 3.16. The highest BCUT2D eigenvalue weighted by Crippen LogP contribution is 2.51. The maximum absolute atomic E-state index is 6.35. The highest BCUT2D eigenvalue weighted by Gasteiger charge is 2.49. The SMILES string of the molecule is CN1CCN(c2noc(C3C4CCC(C4)C3N)n2)CC1. The number of aromatic nitrogens is 2. The predicted molar refractivity (Wildman–Crippen MR) is 75.6 cm³/mol. The summed E-state index contributed by atoms with van der Waals surface area (Å²) < 4.78 is 5.56. The summed E-state index contributed by atoms with van der Waals surface area (Å²) in [5.41, 5.74) is 6.35. The molecule has 6 nitrogen and oxygen atoms in total. The van der Waals surface area contributed by atoms with Gasteiger partial charge >= 0.3 is 0 Å². The standard InChI is InChI=1S/C14H23N5O/c1-18-4-6-19(7-5-18)14-16-13(20-17-14)11-9-2-3-10(8-9)12(11)15/h9-12H,2-8,15H2,1H3. The number of anilines is 1. The van der Waals surface area contributed by atoms with Crippen LogP contribution in [0.2, 0.25) is 0 Å². The molecular weight excluding hydrogens is 254 g/mol. The molecule has 2 aliphatic carbocycles. The summed E-state index contributed by atoms with van der Waals surface area (Å²) in [4.78, 5) is 9.20. The molecule has 20 heavy (non-hydrogen) atoms. The molecule has 1 aliphatic heterocycles. The molecule has 1 aromatic heterocycles. The Morgan fingerprint density at radius 3 is 2.60 bits per heavy atom. The summed E-state index contributed by atoms with van der Waals surface area (Å²) in [6, 6.07) is 0.217. The average molecular weight is 277 g/mol. The Morgan fingerprint density at radius 2 is 1.90 bits per heavy atom. The molecule has 0 aromatic carbocycles. The van der Waals surface area contributed by atoms with Crippen molar-refractivity contribution in [3.05, 3.63) is 5.89 Å². The van der Waals surface area contributed by atoms with Gasteiger partial charge in [-0.3, -0.25) is 0 Å². The minimum Gasteiger partial charge on any atom is -0.337 e. The van der Waals surface area contributed by atoms with E-state index >= 15 is 0 Å². The minimum atomic E-state index is 0.217. The molecule has 0 spiro atoms. The van der Waals surface area contributed by atoms with E-state index in [9.17, 15) is 0 Å². The number of hydrogen-bond acceptors (Lipinski definition) is 6. The summed E-state index contributed by atoms with van der Waals surface area (Å²) in [7, 11) is 2.15. The Bertz CT molecular complexity index is 480.